The molecule has 0 amide bonds. The summed E-state index contributed by atoms with van der Waals surface area (Å²) in [5.41, 5.74) is 11.0. The molecule has 10 heteroatoms. The highest BCUT2D eigenvalue weighted by Crippen LogP contribution is 2.31. The van der Waals surface area contributed by atoms with Crippen molar-refractivity contribution >= 4 is 11.9 Å². The van der Waals surface area contributed by atoms with Gasteiger partial charge in [-0.1, -0.05) is 65.8 Å². The average molecular weight is 469 g/mol. The minimum Gasteiger partial charge on any atom is -0.463 e. The Kier molecular flexibility index (Phi) is 9.42. The Labute approximate surface area is 197 Å². The molecule has 0 spiro atoms. The first kappa shape index (κ1) is 25.2. The molecule has 10 nitrogen and oxygen atoms in total. The molecule has 0 saturated carbocycles. The third-order valence-electron chi connectivity index (χ3n) is 5.10. The van der Waals surface area contributed by atoms with Gasteiger partial charge < -0.3 is 23.7 Å². The van der Waals surface area contributed by atoms with E-state index in [0.29, 0.717) is 0 Å². The molecule has 1 aliphatic rings. The zero-order valence-corrected chi connectivity index (χ0v) is 19.0. The Balaban J connectivity index is 1.91. The lowest BCUT2D eigenvalue weighted by Gasteiger charge is -2.44. The number of hydrogen-bond acceptors (Lipinski definition) is 8. The van der Waals surface area contributed by atoms with Crippen LogP contribution >= 0.6 is 0 Å². The van der Waals surface area contributed by atoms with Crippen LogP contribution in [0, 0.1) is 0 Å². The molecule has 1 saturated heterocycles. The van der Waals surface area contributed by atoms with Crippen LogP contribution < -0.4 is 0 Å². The third kappa shape index (κ3) is 7.29. The fourth-order valence-electron chi connectivity index (χ4n) is 3.59. The Morgan fingerprint density at radius 1 is 0.912 bits per heavy atom. The summed E-state index contributed by atoms with van der Waals surface area (Å²) >= 11 is 0. The van der Waals surface area contributed by atoms with Gasteiger partial charge in [0.05, 0.1) is 13.2 Å². The molecule has 0 N–H and O–H groups in total. The SMILES string of the molecule is CC(=O)OC[C@H]1O[C@H](OC(C)=O)[C@H](N=[N+]=[N-])[C@@H](OCc2ccccc2)[C@@H]1OCc1ccccc1. The fourth-order valence-corrected chi connectivity index (χ4v) is 3.59. The maximum atomic E-state index is 11.7. The molecular weight excluding hydrogens is 442 g/mol. The predicted molar refractivity (Wildman–Crippen MR) is 120 cm³/mol. The van der Waals surface area contributed by atoms with Gasteiger partial charge in [0.25, 0.3) is 0 Å². The molecule has 34 heavy (non-hydrogen) atoms. The molecular formula is C24H27N3O7. The summed E-state index contributed by atoms with van der Waals surface area (Å²) < 4.78 is 28.7. The number of carbonyl (C=O) groups excluding carboxylic acids is 2. The molecule has 1 heterocycles. The van der Waals surface area contributed by atoms with Crippen LogP contribution in [-0.4, -0.2) is 49.2 Å². The molecule has 1 aliphatic heterocycles. The fraction of sp³-hybridized carbons (Fsp3) is 0.417. The van der Waals surface area contributed by atoms with Crippen molar-refractivity contribution in [2.75, 3.05) is 6.61 Å². The lowest BCUT2D eigenvalue weighted by atomic mass is 9.96. The van der Waals surface area contributed by atoms with Gasteiger partial charge in [0.1, 0.15) is 31.0 Å². The first-order chi connectivity index (χ1) is 16.5. The monoisotopic (exact) mass is 469 g/mol. The maximum absolute atomic E-state index is 11.7. The Morgan fingerprint density at radius 3 is 1.97 bits per heavy atom. The van der Waals surface area contributed by atoms with Crippen LogP contribution in [0.15, 0.2) is 65.8 Å². The van der Waals surface area contributed by atoms with Gasteiger partial charge >= 0.3 is 11.9 Å². The van der Waals surface area contributed by atoms with Crippen molar-refractivity contribution in [2.45, 2.75) is 57.7 Å². The first-order valence-electron chi connectivity index (χ1n) is 10.8. The van der Waals surface area contributed by atoms with Crippen molar-refractivity contribution in [3.63, 3.8) is 0 Å². The van der Waals surface area contributed by atoms with Gasteiger partial charge in [0.15, 0.2) is 0 Å². The van der Waals surface area contributed by atoms with Gasteiger partial charge in [-0.25, -0.2) is 0 Å². The molecule has 2 aromatic rings. The molecule has 0 unspecified atom stereocenters. The molecule has 1 fully saturated rings. The zero-order valence-electron chi connectivity index (χ0n) is 19.0. The van der Waals surface area contributed by atoms with Crippen molar-refractivity contribution in [3.05, 3.63) is 82.2 Å². The van der Waals surface area contributed by atoms with E-state index in [2.05, 4.69) is 10.0 Å². The van der Waals surface area contributed by atoms with Crippen LogP contribution in [0.25, 0.3) is 10.4 Å². The molecule has 3 rings (SSSR count). The van der Waals surface area contributed by atoms with E-state index in [4.69, 9.17) is 23.7 Å². The van der Waals surface area contributed by atoms with Crippen molar-refractivity contribution in [2.24, 2.45) is 5.11 Å². The molecule has 0 bridgehead atoms. The zero-order chi connectivity index (χ0) is 24.3. The standard InChI is InChI=1S/C24H27N3O7/c1-16(28)30-15-20-22(31-13-18-9-5-3-6-10-18)23(32-14-19-11-7-4-8-12-19)21(26-27-25)24(34-20)33-17(2)29/h3-12,20-24H,13-15H2,1-2H3/t20-,21-,22-,23-,24+/m1/s1. The van der Waals surface area contributed by atoms with Gasteiger partial charge in [-0.2, -0.15) is 0 Å². The number of rotatable bonds is 10. The molecule has 0 radical (unpaired) electrons. The summed E-state index contributed by atoms with van der Waals surface area (Å²) in [4.78, 5) is 26.1. The van der Waals surface area contributed by atoms with E-state index in [1.54, 1.807) is 0 Å². The quantitative estimate of drug-likeness (QED) is 0.225. The van der Waals surface area contributed by atoms with Gasteiger partial charge in [-0.15, -0.1) is 0 Å². The van der Waals surface area contributed by atoms with Gasteiger partial charge in [-0.3, -0.25) is 9.59 Å². The molecule has 0 aliphatic carbocycles. The summed E-state index contributed by atoms with van der Waals surface area (Å²) in [5.74, 6) is -1.13. The van der Waals surface area contributed by atoms with Crippen molar-refractivity contribution in [3.8, 4) is 0 Å². The van der Waals surface area contributed by atoms with E-state index < -0.39 is 42.6 Å². The highest BCUT2D eigenvalue weighted by atomic mass is 16.7. The summed E-state index contributed by atoms with van der Waals surface area (Å²) in [7, 11) is 0. The number of hydrogen-bond donors (Lipinski definition) is 0. The highest BCUT2D eigenvalue weighted by Gasteiger charge is 2.49. The second-order valence-corrected chi connectivity index (χ2v) is 7.67. The van der Waals surface area contributed by atoms with Gasteiger partial charge in [-0.05, 0) is 16.7 Å². The van der Waals surface area contributed by atoms with E-state index in [9.17, 15) is 15.1 Å². The molecule has 2 aromatic carbocycles. The van der Waals surface area contributed by atoms with E-state index in [1.165, 1.54) is 13.8 Å². The minimum absolute atomic E-state index is 0.166. The first-order valence-corrected chi connectivity index (χ1v) is 10.8. The van der Waals surface area contributed by atoms with Gasteiger partial charge in [0, 0.05) is 18.8 Å². The predicted octanol–water partition coefficient (Wildman–Crippen LogP) is 3.69. The average Bonchev–Trinajstić information content (AvgIpc) is 2.83. The van der Waals surface area contributed by atoms with Crippen LogP contribution in [0.3, 0.4) is 0 Å². The van der Waals surface area contributed by atoms with Gasteiger partial charge in [0.2, 0.25) is 6.29 Å². The minimum atomic E-state index is -1.24. The maximum Gasteiger partial charge on any atom is 0.304 e. The lowest BCUT2D eigenvalue weighted by Crippen LogP contribution is -2.60. The van der Waals surface area contributed by atoms with Crippen LogP contribution in [-0.2, 0) is 46.5 Å². The second kappa shape index (κ2) is 12.7. The Bertz CT molecular complexity index is 983. The van der Waals surface area contributed by atoms with E-state index in [0.717, 1.165) is 11.1 Å². The van der Waals surface area contributed by atoms with E-state index in [-0.39, 0.29) is 19.8 Å². The second-order valence-electron chi connectivity index (χ2n) is 7.67. The van der Waals surface area contributed by atoms with E-state index in [1.807, 2.05) is 60.7 Å². The van der Waals surface area contributed by atoms with Crippen LogP contribution in [0.5, 0.6) is 0 Å². The largest absolute Gasteiger partial charge is 0.463 e. The third-order valence-corrected chi connectivity index (χ3v) is 5.10. The molecule has 180 valence electrons. The molecule has 0 aromatic heterocycles. The Morgan fingerprint density at radius 2 is 1.47 bits per heavy atom. The number of esters is 2. The normalized spacial score (nSPS) is 24.0. The molecule has 5 atom stereocenters. The topological polar surface area (TPSA) is 129 Å². The van der Waals surface area contributed by atoms with Crippen LogP contribution in [0.2, 0.25) is 0 Å². The lowest BCUT2D eigenvalue weighted by molar-refractivity contribution is -0.277. The number of ether oxygens (including phenoxy) is 5. The van der Waals surface area contributed by atoms with Crippen LogP contribution in [0.4, 0.5) is 0 Å². The summed E-state index contributed by atoms with van der Waals surface area (Å²) in [6.45, 7) is 2.72. The Hall–Kier alpha value is -3.43. The van der Waals surface area contributed by atoms with E-state index >= 15 is 0 Å². The number of benzene rings is 2. The van der Waals surface area contributed by atoms with Crippen molar-refractivity contribution in [1.82, 2.24) is 0 Å². The number of carbonyl (C=O) groups is 2. The summed E-state index contributed by atoms with van der Waals surface area (Å²) in [6.07, 6.45) is -3.75. The van der Waals surface area contributed by atoms with Crippen molar-refractivity contribution < 1.29 is 33.3 Å². The number of azide groups is 1. The number of nitrogens with zero attached hydrogens (tertiary/aromatic N) is 3. The smallest absolute Gasteiger partial charge is 0.304 e. The summed E-state index contributed by atoms with van der Waals surface area (Å²) in [6, 6.07) is 17.8. The van der Waals surface area contributed by atoms with Crippen molar-refractivity contribution in [1.29, 1.82) is 0 Å². The van der Waals surface area contributed by atoms with Crippen LogP contribution in [0.1, 0.15) is 25.0 Å². The highest BCUT2D eigenvalue weighted by molar-refractivity contribution is 5.66. The summed E-state index contributed by atoms with van der Waals surface area (Å²) in [5, 5.41) is 3.81.